The van der Waals surface area contributed by atoms with Crippen LogP contribution in [0.4, 0.5) is 0 Å². The summed E-state index contributed by atoms with van der Waals surface area (Å²) in [5.41, 5.74) is -0.770. The second kappa shape index (κ2) is 13.5. The van der Waals surface area contributed by atoms with Crippen LogP contribution in [-0.4, -0.2) is 47.7 Å². The van der Waals surface area contributed by atoms with Crippen molar-refractivity contribution in [1.82, 2.24) is 0 Å². The predicted molar refractivity (Wildman–Crippen MR) is 98.4 cm³/mol. The van der Waals surface area contributed by atoms with Gasteiger partial charge in [-0.3, -0.25) is 0 Å². The number of unbranched alkanes of at least 4 members (excludes halogenated alkanes) is 11. The normalized spacial score (nSPS) is 20.4. The highest BCUT2D eigenvalue weighted by Gasteiger charge is 2.53. The summed E-state index contributed by atoms with van der Waals surface area (Å²) in [6.45, 7) is 2.10. The lowest BCUT2D eigenvalue weighted by Gasteiger charge is -2.13. The lowest BCUT2D eigenvalue weighted by molar-refractivity contribution is -0.154. The van der Waals surface area contributed by atoms with E-state index in [2.05, 4.69) is 6.92 Å². The van der Waals surface area contributed by atoms with Crippen molar-refractivity contribution in [2.75, 3.05) is 19.8 Å². The van der Waals surface area contributed by atoms with Crippen LogP contribution in [0.25, 0.3) is 0 Å². The molecule has 0 aromatic heterocycles. The summed E-state index contributed by atoms with van der Waals surface area (Å²) in [6, 6.07) is 0. The Kier molecular flexibility index (Phi) is 12.1. The number of carbonyl (C=O) groups excluding carboxylic acids is 1. The summed E-state index contributed by atoms with van der Waals surface area (Å²) in [6.07, 6.45) is 15.1. The van der Waals surface area contributed by atoms with Crippen LogP contribution in [0.15, 0.2) is 0 Å². The molecule has 1 aliphatic heterocycles. The molecule has 2 atom stereocenters. The van der Waals surface area contributed by atoms with E-state index < -0.39 is 24.3 Å². The van der Waals surface area contributed by atoms with Crippen molar-refractivity contribution in [2.45, 2.75) is 102 Å². The molecule has 0 bridgehead atoms. The number of carbonyl (C=O) groups is 1. The Hall–Kier alpha value is -0.650. The van der Waals surface area contributed by atoms with Gasteiger partial charge < -0.3 is 19.7 Å². The number of hydrogen-bond donors (Lipinski definition) is 2. The van der Waals surface area contributed by atoms with Gasteiger partial charge in [0.1, 0.15) is 12.7 Å². The first kappa shape index (κ1) is 22.4. The molecule has 1 aliphatic rings. The fourth-order valence-corrected chi connectivity index (χ4v) is 3.06. The standard InChI is InChI=1S/C20H38O5/c1-2-3-4-5-6-7-8-9-10-11-12-13-14-20(17-25-20)19(23)24-16-18(22)15-21/h18,21-22H,2-17H2,1H3/t18-,20-/m1/s1. The van der Waals surface area contributed by atoms with E-state index in [-0.39, 0.29) is 6.61 Å². The molecule has 1 rings (SSSR count). The third-order valence-corrected chi connectivity index (χ3v) is 4.92. The fourth-order valence-electron chi connectivity index (χ4n) is 3.06. The molecule has 148 valence electrons. The molecule has 1 saturated heterocycles. The maximum atomic E-state index is 11.9. The second-order valence-corrected chi connectivity index (χ2v) is 7.36. The zero-order valence-electron chi connectivity index (χ0n) is 16.0. The summed E-state index contributed by atoms with van der Waals surface area (Å²) in [5, 5.41) is 17.9. The Balaban J connectivity index is 1.91. The van der Waals surface area contributed by atoms with Crippen LogP contribution in [0, 0.1) is 0 Å². The molecule has 0 aromatic rings. The van der Waals surface area contributed by atoms with Gasteiger partial charge in [0, 0.05) is 0 Å². The van der Waals surface area contributed by atoms with Crippen molar-refractivity contribution in [3.63, 3.8) is 0 Å². The average Bonchev–Trinajstić information content (AvgIpc) is 3.41. The number of hydrogen-bond acceptors (Lipinski definition) is 5. The van der Waals surface area contributed by atoms with E-state index in [0.29, 0.717) is 13.0 Å². The van der Waals surface area contributed by atoms with Crippen molar-refractivity contribution < 1.29 is 24.5 Å². The third kappa shape index (κ3) is 10.2. The average molecular weight is 359 g/mol. The fraction of sp³-hybridized carbons (Fsp3) is 0.950. The van der Waals surface area contributed by atoms with Crippen molar-refractivity contribution in [3.8, 4) is 0 Å². The van der Waals surface area contributed by atoms with E-state index in [1.54, 1.807) is 0 Å². The van der Waals surface area contributed by atoms with Crippen molar-refractivity contribution >= 4 is 5.97 Å². The number of ether oxygens (including phenoxy) is 2. The Bertz CT molecular complexity index is 341. The van der Waals surface area contributed by atoms with Gasteiger partial charge in [-0.1, -0.05) is 77.6 Å². The zero-order valence-corrected chi connectivity index (χ0v) is 16.0. The molecule has 1 fully saturated rings. The van der Waals surface area contributed by atoms with E-state index in [1.165, 1.54) is 64.2 Å². The molecule has 0 unspecified atom stereocenters. The summed E-state index contributed by atoms with van der Waals surface area (Å²) >= 11 is 0. The van der Waals surface area contributed by atoms with Crippen LogP contribution in [0.3, 0.4) is 0 Å². The molecule has 0 spiro atoms. The van der Waals surface area contributed by atoms with Gasteiger partial charge in [0.05, 0.1) is 13.2 Å². The number of epoxide rings is 1. The number of esters is 1. The summed E-state index contributed by atoms with van der Waals surface area (Å²) in [5.74, 6) is -0.400. The zero-order chi connectivity index (χ0) is 18.4. The maximum Gasteiger partial charge on any atom is 0.340 e. The van der Waals surface area contributed by atoms with Gasteiger partial charge in [-0.25, -0.2) is 4.79 Å². The van der Waals surface area contributed by atoms with E-state index in [4.69, 9.17) is 14.6 Å². The maximum absolute atomic E-state index is 11.9. The van der Waals surface area contributed by atoms with Gasteiger partial charge in [-0.05, 0) is 12.8 Å². The second-order valence-electron chi connectivity index (χ2n) is 7.36. The van der Waals surface area contributed by atoms with Crippen LogP contribution >= 0.6 is 0 Å². The minimum atomic E-state index is -1.01. The van der Waals surface area contributed by atoms with E-state index in [1.807, 2.05) is 0 Å². The van der Waals surface area contributed by atoms with Crippen LogP contribution < -0.4 is 0 Å². The largest absolute Gasteiger partial charge is 0.461 e. The lowest BCUT2D eigenvalue weighted by Crippen LogP contribution is -2.31. The van der Waals surface area contributed by atoms with Crippen molar-refractivity contribution in [1.29, 1.82) is 0 Å². The third-order valence-electron chi connectivity index (χ3n) is 4.92. The van der Waals surface area contributed by atoms with Crippen LogP contribution in [0.1, 0.15) is 90.4 Å². The van der Waals surface area contributed by atoms with E-state index >= 15 is 0 Å². The highest BCUT2D eigenvalue weighted by molar-refractivity contribution is 5.82. The van der Waals surface area contributed by atoms with Gasteiger partial charge in [-0.15, -0.1) is 0 Å². The lowest BCUT2D eigenvalue weighted by atomic mass is 10.0. The minimum absolute atomic E-state index is 0.168. The van der Waals surface area contributed by atoms with Gasteiger partial charge in [-0.2, -0.15) is 0 Å². The first-order chi connectivity index (χ1) is 12.1. The Morgan fingerprint density at radius 3 is 1.92 bits per heavy atom. The first-order valence-corrected chi connectivity index (χ1v) is 10.2. The number of aliphatic hydroxyl groups excluding tert-OH is 2. The summed E-state index contributed by atoms with van der Waals surface area (Å²) in [4.78, 5) is 11.9. The topological polar surface area (TPSA) is 79.3 Å². The van der Waals surface area contributed by atoms with Crippen LogP contribution in [-0.2, 0) is 14.3 Å². The molecule has 0 aromatic carbocycles. The molecular formula is C20H38O5. The molecule has 25 heavy (non-hydrogen) atoms. The first-order valence-electron chi connectivity index (χ1n) is 10.2. The van der Waals surface area contributed by atoms with Gasteiger partial charge in [0.15, 0.2) is 5.60 Å². The van der Waals surface area contributed by atoms with Gasteiger partial charge in [0.25, 0.3) is 0 Å². The van der Waals surface area contributed by atoms with Crippen LogP contribution in [0.2, 0.25) is 0 Å². The van der Waals surface area contributed by atoms with Gasteiger partial charge in [0.2, 0.25) is 0 Å². The Labute approximate surface area is 153 Å². The molecule has 0 amide bonds. The molecule has 2 N–H and O–H groups in total. The Morgan fingerprint density at radius 1 is 1.00 bits per heavy atom. The SMILES string of the molecule is CCCCCCCCCCCCCC[C@]1(C(=O)OC[C@H](O)CO)CO1. The summed E-state index contributed by atoms with van der Waals surface area (Å²) in [7, 11) is 0. The highest BCUT2D eigenvalue weighted by atomic mass is 16.6. The molecule has 5 heteroatoms. The smallest absolute Gasteiger partial charge is 0.340 e. The molecule has 0 saturated carbocycles. The molecule has 5 nitrogen and oxygen atoms in total. The van der Waals surface area contributed by atoms with E-state index in [0.717, 1.165) is 12.8 Å². The number of rotatable bonds is 17. The van der Waals surface area contributed by atoms with Crippen molar-refractivity contribution in [2.24, 2.45) is 0 Å². The number of aliphatic hydroxyl groups is 2. The predicted octanol–water partition coefficient (Wildman–Crippen LogP) is 3.74. The molecule has 1 heterocycles. The van der Waals surface area contributed by atoms with Crippen molar-refractivity contribution in [3.05, 3.63) is 0 Å². The van der Waals surface area contributed by atoms with Gasteiger partial charge >= 0.3 is 5.97 Å². The highest BCUT2D eigenvalue weighted by Crippen LogP contribution is 2.34. The Morgan fingerprint density at radius 2 is 1.48 bits per heavy atom. The quantitative estimate of drug-likeness (QED) is 0.235. The molecule has 0 aliphatic carbocycles. The minimum Gasteiger partial charge on any atom is -0.461 e. The monoisotopic (exact) mass is 358 g/mol. The van der Waals surface area contributed by atoms with E-state index in [9.17, 15) is 9.90 Å². The molecular weight excluding hydrogens is 320 g/mol. The molecule has 0 radical (unpaired) electrons. The summed E-state index contributed by atoms with van der Waals surface area (Å²) < 4.78 is 10.3. The van der Waals surface area contributed by atoms with Crippen LogP contribution in [0.5, 0.6) is 0 Å².